The molecule has 1 rings (SSSR count). The van der Waals surface area contributed by atoms with E-state index in [9.17, 15) is 4.79 Å². The van der Waals surface area contributed by atoms with Gasteiger partial charge in [-0.15, -0.1) is 0 Å². The largest absolute Gasteiger partial charge is 0.495 e. The number of carbonyl (C=O) groups excluding carboxylic acids is 1. The van der Waals surface area contributed by atoms with E-state index in [1.807, 2.05) is 18.7 Å². The van der Waals surface area contributed by atoms with Gasteiger partial charge in [0.15, 0.2) is 0 Å². The van der Waals surface area contributed by atoms with Gasteiger partial charge in [0.1, 0.15) is 11.5 Å². The number of amides is 1. The molecule has 0 aliphatic rings. The van der Waals surface area contributed by atoms with Crippen LogP contribution in [-0.2, 0) is 4.79 Å². The Bertz CT molecular complexity index is 462. The van der Waals surface area contributed by atoms with Gasteiger partial charge in [0.2, 0.25) is 5.91 Å². The van der Waals surface area contributed by atoms with Gasteiger partial charge in [-0.1, -0.05) is 25.4 Å². The minimum atomic E-state index is -0.103. The van der Waals surface area contributed by atoms with Gasteiger partial charge in [-0.05, 0) is 19.2 Å². The SMILES string of the molecule is CCN(CC)CC(=O)Nc1cc(Cl)c(OC)cc1OC. The lowest BCUT2D eigenvalue weighted by atomic mass is 10.2. The van der Waals surface area contributed by atoms with E-state index in [2.05, 4.69) is 5.32 Å². The van der Waals surface area contributed by atoms with Gasteiger partial charge in [-0.3, -0.25) is 9.69 Å². The van der Waals surface area contributed by atoms with Gasteiger partial charge >= 0.3 is 0 Å². The third kappa shape index (κ3) is 4.28. The van der Waals surface area contributed by atoms with Crippen molar-refractivity contribution in [1.29, 1.82) is 0 Å². The summed E-state index contributed by atoms with van der Waals surface area (Å²) in [6.07, 6.45) is 0. The van der Waals surface area contributed by atoms with E-state index < -0.39 is 0 Å². The zero-order chi connectivity index (χ0) is 15.1. The minimum Gasteiger partial charge on any atom is -0.495 e. The standard InChI is InChI=1S/C14H21ClN2O3/c1-5-17(6-2)9-14(18)16-11-7-10(15)12(19-3)8-13(11)20-4/h7-8H,5-6,9H2,1-4H3,(H,16,18). The Hall–Kier alpha value is -1.46. The zero-order valence-corrected chi connectivity index (χ0v) is 13.1. The first-order valence-electron chi connectivity index (χ1n) is 6.49. The van der Waals surface area contributed by atoms with Crippen LogP contribution in [0.5, 0.6) is 11.5 Å². The number of nitrogens with one attached hydrogen (secondary N) is 1. The van der Waals surface area contributed by atoms with Crippen molar-refractivity contribution in [2.24, 2.45) is 0 Å². The van der Waals surface area contributed by atoms with Crippen LogP contribution < -0.4 is 14.8 Å². The second-order valence-corrected chi connectivity index (χ2v) is 4.60. The molecule has 1 amide bonds. The van der Waals surface area contributed by atoms with Crippen molar-refractivity contribution in [3.63, 3.8) is 0 Å². The number of rotatable bonds is 7. The number of anilines is 1. The fraction of sp³-hybridized carbons (Fsp3) is 0.500. The Balaban J connectivity index is 2.86. The van der Waals surface area contributed by atoms with E-state index in [0.29, 0.717) is 28.8 Å². The molecular formula is C14H21ClN2O3. The molecule has 1 aromatic carbocycles. The van der Waals surface area contributed by atoms with Crippen LogP contribution in [0, 0.1) is 0 Å². The molecule has 5 nitrogen and oxygen atoms in total. The molecule has 20 heavy (non-hydrogen) atoms. The predicted octanol–water partition coefficient (Wildman–Crippen LogP) is 2.64. The van der Waals surface area contributed by atoms with Crippen LogP contribution in [0.25, 0.3) is 0 Å². The molecule has 0 unspecified atom stereocenters. The van der Waals surface area contributed by atoms with Crippen LogP contribution in [0.3, 0.4) is 0 Å². The highest BCUT2D eigenvalue weighted by Crippen LogP contribution is 2.35. The van der Waals surface area contributed by atoms with Gasteiger partial charge in [-0.2, -0.15) is 0 Å². The maximum Gasteiger partial charge on any atom is 0.238 e. The van der Waals surface area contributed by atoms with Crippen molar-refractivity contribution in [2.45, 2.75) is 13.8 Å². The number of nitrogens with zero attached hydrogens (tertiary/aromatic N) is 1. The third-order valence-corrected chi connectivity index (χ3v) is 3.31. The number of halogens is 1. The van der Waals surface area contributed by atoms with Crippen molar-refractivity contribution in [1.82, 2.24) is 4.90 Å². The van der Waals surface area contributed by atoms with Crippen LogP contribution in [0.1, 0.15) is 13.8 Å². The third-order valence-electron chi connectivity index (χ3n) is 3.01. The molecule has 0 radical (unpaired) electrons. The molecule has 0 saturated carbocycles. The van der Waals surface area contributed by atoms with Gasteiger partial charge in [0.05, 0.1) is 31.5 Å². The Morgan fingerprint density at radius 1 is 1.20 bits per heavy atom. The van der Waals surface area contributed by atoms with Gasteiger partial charge < -0.3 is 14.8 Å². The van der Waals surface area contributed by atoms with Crippen molar-refractivity contribution >= 4 is 23.2 Å². The van der Waals surface area contributed by atoms with E-state index in [1.165, 1.54) is 14.2 Å². The fourth-order valence-corrected chi connectivity index (χ4v) is 2.04. The minimum absolute atomic E-state index is 0.103. The van der Waals surface area contributed by atoms with E-state index in [-0.39, 0.29) is 5.91 Å². The van der Waals surface area contributed by atoms with Crippen molar-refractivity contribution in [3.05, 3.63) is 17.2 Å². The molecule has 0 aliphatic carbocycles. The Morgan fingerprint density at radius 2 is 1.80 bits per heavy atom. The Labute approximate surface area is 124 Å². The molecule has 0 aromatic heterocycles. The van der Waals surface area contributed by atoms with E-state index in [0.717, 1.165) is 13.1 Å². The number of hydrogen-bond acceptors (Lipinski definition) is 4. The van der Waals surface area contributed by atoms with E-state index >= 15 is 0 Å². The van der Waals surface area contributed by atoms with Gasteiger partial charge in [0.25, 0.3) is 0 Å². The fourth-order valence-electron chi connectivity index (χ4n) is 1.80. The molecule has 0 saturated heterocycles. The lowest BCUT2D eigenvalue weighted by molar-refractivity contribution is -0.117. The van der Waals surface area contributed by atoms with Crippen LogP contribution in [0.2, 0.25) is 5.02 Å². The lowest BCUT2D eigenvalue weighted by Crippen LogP contribution is -2.33. The lowest BCUT2D eigenvalue weighted by Gasteiger charge is -2.18. The molecular weight excluding hydrogens is 280 g/mol. The number of likely N-dealkylation sites (N-methyl/N-ethyl adjacent to an activating group) is 1. The quantitative estimate of drug-likeness (QED) is 0.841. The summed E-state index contributed by atoms with van der Waals surface area (Å²) in [5.41, 5.74) is 0.537. The highest BCUT2D eigenvalue weighted by molar-refractivity contribution is 6.32. The number of ether oxygens (including phenoxy) is 2. The first-order valence-corrected chi connectivity index (χ1v) is 6.87. The summed E-state index contributed by atoms with van der Waals surface area (Å²) in [4.78, 5) is 14.0. The molecule has 0 spiro atoms. The summed E-state index contributed by atoms with van der Waals surface area (Å²) < 4.78 is 10.3. The molecule has 1 aromatic rings. The number of hydrogen-bond donors (Lipinski definition) is 1. The van der Waals surface area contributed by atoms with Crippen molar-refractivity contribution in [2.75, 3.05) is 39.2 Å². The molecule has 0 fully saturated rings. The number of carbonyl (C=O) groups is 1. The van der Waals surface area contributed by atoms with Gasteiger partial charge in [0, 0.05) is 6.07 Å². The average molecular weight is 301 g/mol. The molecule has 112 valence electrons. The van der Waals surface area contributed by atoms with Crippen LogP contribution in [-0.4, -0.2) is 44.7 Å². The number of methoxy groups -OCH3 is 2. The normalized spacial score (nSPS) is 10.5. The molecule has 0 bridgehead atoms. The van der Waals surface area contributed by atoms with Crippen LogP contribution >= 0.6 is 11.6 Å². The van der Waals surface area contributed by atoms with Crippen molar-refractivity contribution < 1.29 is 14.3 Å². The molecule has 0 heterocycles. The summed E-state index contributed by atoms with van der Waals surface area (Å²) in [5.74, 6) is 0.914. The van der Waals surface area contributed by atoms with Gasteiger partial charge in [-0.25, -0.2) is 0 Å². The van der Waals surface area contributed by atoms with Crippen LogP contribution in [0.15, 0.2) is 12.1 Å². The summed E-state index contributed by atoms with van der Waals surface area (Å²) in [6, 6.07) is 3.27. The average Bonchev–Trinajstić information content (AvgIpc) is 2.45. The molecule has 1 N–H and O–H groups in total. The zero-order valence-electron chi connectivity index (χ0n) is 12.3. The van der Waals surface area contributed by atoms with E-state index in [1.54, 1.807) is 12.1 Å². The Kier molecular flexibility index (Phi) is 6.61. The summed E-state index contributed by atoms with van der Waals surface area (Å²) in [6.45, 7) is 6.01. The topological polar surface area (TPSA) is 50.8 Å². The first-order chi connectivity index (χ1) is 9.55. The predicted molar refractivity (Wildman–Crippen MR) is 81.0 cm³/mol. The van der Waals surface area contributed by atoms with Crippen LogP contribution in [0.4, 0.5) is 5.69 Å². The van der Waals surface area contributed by atoms with Crippen molar-refractivity contribution in [3.8, 4) is 11.5 Å². The Morgan fingerprint density at radius 3 is 2.30 bits per heavy atom. The summed E-state index contributed by atoms with van der Waals surface area (Å²) >= 11 is 6.06. The maximum absolute atomic E-state index is 12.0. The molecule has 0 aliphatic heterocycles. The summed E-state index contributed by atoms with van der Waals surface area (Å²) in [5, 5.41) is 3.23. The highest BCUT2D eigenvalue weighted by atomic mass is 35.5. The second-order valence-electron chi connectivity index (χ2n) is 4.20. The monoisotopic (exact) mass is 300 g/mol. The summed E-state index contributed by atoms with van der Waals surface area (Å²) in [7, 11) is 3.06. The number of benzene rings is 1. The smallest absolute Gasteiger partial charge is 0.238 e. The highest BCUT2D eigenvalue weighted by Gasteiger charge is 2.13. The second kappa shape index (κ2) is 7.97. The maximum atomic E-state index is 12.0. The van der Waals surface area contributed by atoms with E-state index in [4.69, 9.17) is 21.1 Å². The molecule has 0 atom stereocenters. The molecule has 6 heteroatoms. The first kappa shape index (κ1) is 16.6.